The topological polar surface area (TPSA) is 61.9 Å². The summed E-state index contributed by atoms with van der Waals surface area (Å²) in [6.07, 6.45) is 4.17. The summed E-state index contributed by atoms with van der Waals surface area (Å²) in [5, 5.41) is 3.84. The molecule has 1 aliphatic carbocycles. The molecule has 0 unspecified atom stereocenters. The average molecular weight is 482 g/mol. The molecule has 2 atom stereocenters. The van der Waals surface area contributed by atoms with E-state index >= 15 is 0 Å². The summed E-state index contributed by atoms with van der Waals surface area (Å²) in [6, 6.07) is 15.0. The van der Waals surface area contributed by atoms with Crippen molar-refractivity contribution < 1.29 is 14.3 Å². The van der Waals surface area contributed by atoms with Crippen molar-refractivity contribution in [3.63, 3.8) is 0 Å². The van der Waals surface area contributed by atoms with Gasteiger partial charge in [0.15, 0.2) is 0 Å². The lowest BCUT2D eigenvalue weighted by Gasteiger charge is -2.45. The quantitative estimate of drug-likeness (QED) is 0.677. The van der Waals surface area contributed by atoms with Crippen LogP contribution in [0.2, 0.25) is 5.02 Å². The van der Waals surface area contributed by atoms with Crippen molar-refractivity contribution in [2.24, 2.45) is 0 Å². The van der Waals surface area contributed by atoms with Gasteiger partial charge in [0, 0.05) is 42.8 Å². The summed E-state index contributed by atoms with van der Waals surface area (Å²) in [4.78, 5) is 31.9. The van der Waals surface area contributed by atoms with Crippen LogP contribution in [0.1, 0.15) is 59.1 Å². The molecule has 0 radical (unpaired) electrons. The van der Waals surface area contributed by atoms with Gasteiger partial charge in [0.2, 0.25) is 5.91 Å². The van der Waals surface area contributed by atoms with Gasteiger partial charge in [0.1, 0.15) is 0 Å². The Morgan fingerprint density at radius 2 is 1.74 bits per heavy atom. The van der Waals surface area contributed by atoms with E-state index in [1.54, 1.807) is 0 Å². The van der Waals surface area contributed by atoms with E-state index in [4.69, 9.17) is 16.3 Å². The minimum absolute atomic E-state index is 0.0276. The van der Waals surface area contributed by atoms with Crippen LogP contribution in [-0.2, 0) is 9.53 Å². The molecule has 0 spiro atoms. The van der Waals surface area contributed by atoms with E-state index in [2.05, 4.69) is 10.2 Å². The van der Waals surface area contributed by atoms with Gasteiger partial charge in [-0.3, -0.25) is 14.5 Å². The molecular weight excluding hydrogens is 450 g/mol. The van der Waals surface area contributed by atoms with Gasteiger partial charge in [-0.15, -0.1) is 0 Å². The molecule has 2 heterocycles. The Balaban J connectivity index is 1.48. The zero-order valence-corrected chi connectivity index (χ0v) is 20.2. The van der Waals surface area contributed by atoms with Gasteiger partial charge in [-0.05, 0) is 42.2 Å². The molecule has 2 aliphatic heterocycles. The van der Waals surface area contributed by atoms with Gasteiger partial charge in [-0.25, -0.2) is 0 Å². The molecule has 180 valence electrons. The molecule has 0 aromatic heterocycles. The van der Waals surface area contributed by atoms with Crippen molar-refractivity contribution in [3.8, 4) is 0 Å². The van der Waals surface area contributed by atoms with Crippen molar-refractivity contribution in [2.75, 3.05) is 39.4 Å². The largest absolute Gasteiger partial charge is 0.379 e. The second-order valence-corrected chi connectivity index (χ2v) is 9.89. The number of ether oxygens (including phenoxy) is 1. The van der Waals surface area contributed by atoms with Crippen molar-refractivity contribution in [3.05, 3.63) is 70.2 Å². The van der Waals surface area contributed by atoms with E-state index < -0.39 is 5.92 Å². The Labute approximate surface area is 206 Å². The molecule has 1 saturated heterocycles. The number of halogens is 1. The fourth-order valence-corrected chi connectivity index (χ4v) is 5.83. The van der Waals surface area contributed by atoms with Crippen LogP contribution >= 0.6 is 11.6 Å². The van der Waals surface area contributed by atoms with E-state index in [1.807, 2.05) is 53.4 Å². The predicted octanol–water partition coefficient (Wildman–Crippen LogP) is 4.01. The summed E-state index contributed by atoms with van der Waals surface area (Å²) in [7, 11) is 0. The lowest BCUT2D eigenvalue weighted by molar-refractivity contribution is -0.124. The lowest BCUT2D eigenvalue weighted by atomic mass is 9.78. The maximum Gasteiger partial charge on any atom is 0.254 e. The molecule has 2 fully saturated rings. The van der Waals surface area contributed by atoms with E-state index in [0.717, 1.165) is 69.7 Å². The monoisotopic (exact) mass is 481 g/mol. The Morgan fingerprint density at radius 3 is 2.47 bits per heavy atom. The van der Waals surface area contributed by atoms with E-state index in [0.29, 0.717) is 17.1 Å². The van der Waals surface area contributed by atoms with Gasteiger partial charge in [-0.2, -0.15) is 0 Å². The smallest absolute Gasteiger partial charge is 0.254 e. The third kappa shape index (κ3) is 4.72. The minimum Gasteiger partial charge on any atom is -0.379 e. The minimum atomic E-state index is -0.472. The van der Waals surface area contributed by atoms with Crippen LogP contribution in [0.4, 0.5) is 0 Å². The summed E-state index contributed by atoms with van der Waals surface area (Å²) in [6.45, 7) is 4.61. The van der Waals surface area contributed by atoms with Gasteiger partial charge >= 0.3 is 0 Å². The maximum absolute atomic E-state index is 13.8. The predicted molar refractivity (Wildman–Crippen MR) is 132 cm³/mol. The van der Waals surface area contributed by atoms with Crippen LogP contribution in [0.3, 0.4) is 0 Å². The summed E-state index contributed by atoms with van der Waals surface area (Å²) >= 11 is 6.19. The number of benzene rings is 2. The fraction of sp³-hybridized carbons (Fsp3) is 0.481. The zero-order chi connectivity index (χ0) is 23.5. The van der Waals surface area contributed by atoms with Crippen molar-refractivity contribution >= 4 is 23.4 Å². The molecule has 3 aliphatic rings. The molecule has 2 amide bonds. The summed E-state index contributed by atoms with van der Waals surface area (Å²) in [5.41, 5.74) is 2.41. The first kappa shape index (κ1) is 23.3. The standard InChI is InChI=1S/C27H32ClN3O3/c28-20-11-9-19(10-12-20)25-24(26(32)29-13-14-30-15-17-34-18-16-30)22-7-3-4-8-23(22)27(33)31(25)21-5-1-2-6-21/h3-4,7-12,21,24-25H,1-2,5-6,13-18H2,(H,29,32)/t24-,25+/m1/s1. The van der Waals surface area contributed by atoms with Gasteiger partial charge in [0.05, 0.1) is 25.2 Å². The third-order valence-electron chi connectivity index (χ3n) is 7.42. The number of carbonyl (C=O) groups excluding carboxylic acids is 2. The molecule has 34 heavy (non-hydrogen) atoms. The van der Waals surface area contributed by atoms with Crippen LogP contribution in [0.15, 0.2) is 48.5 Å². The molecule has 2 aromatic rings. The normalized spacial score (nSPS) is 23.7. The number of nitrogens with one attached hydrogen (secondary N) is 1. The Morgan fingerprint density at radius 1 is 1.03 bits per heavy atom. The van der Waals surface area contributed by atoms with Crippen LogP contribution in [-0.4, -0.2) is 67.0 Å². The molecule has 1 N–H and O–H groups in total. The highest BCUT2D eigenvalue weighted by Crippen LogP contribution is 2.46. The molecule has 7 heteroatoms. The molecule has 0 bridgehead atoms. The number of amides is 2. The first-order chi connectivity index (χ1) is 16.6. The van der Waals surface area contributed by atoms with Gasteiger partial charge in [0.25, 0.3) is 5.91 Å². The Bertz CT molecular complexity index is 1020. The number of hydrogen-bond donors (Lipinski definition) is 1. The Hall–Kier alpha value is -2.41. The SMILES string of the molecule is O=C(NCCN1CCOCC1)[C@@H]1c2ccccc2C(=O)N(C2CCCC2)[C@H]1c1ccc(Cl)cc1. The number of fused-ring (bicyclic) bond motifs is 1. The number of carbonyl (C=O) groups is 2. The highest BCUT2D eigenvalue weighted by molar-refractivity contribution is 6.30. The highest BCUT2D eigenvalue weighted by atomic mass is 35.5. The van der Waals surface area contributed by atoms with Crippen LogP contribution in [0.25, 0.3) is 0 Å². The molecule has 6 nitrogen and oxygen atoms in total. The number of nitrogens with zero attached hydrogens (tertiary/aromatic N) is 2. The van der Waals surface area contributed by atoms with Crippen molar-refractivity contribution in [1.82, 2.24) is 15.1 Å². The average Bonchev–Trinajstić information content (AvgIpc) is 3.39. The van der Waals surface area contributed by atoms with E-state index in [-0.39, 0.29) is 23.9 Å². The van der Waals surface area contributed by atoms with Crippen molar-refractivity contribution in [1.29, 1.82) is 0 Å². The van der Waals surface area contributed by atoms with E-state index in [9.17, 15) is 9.59 Å². The van der Waals surface area contributed by atoms with Crippen LogP contribution in [0.5, 0.6) is 0 Å². The van der Waals surface area contributed by atoms with Gasteiger partial charge in [-0.1, -0.05) is 54.8 Å². The first-order valence-corrected chi connectivity index (χ1v) is 12.8. The van der Waals surface area contributed by atoms with Gasteiger partial charge < -0.3 is 15.0 Å². The maximum atomic E-state index is 13.8. The summed E-state index contributed by atoms with van der Waals surface area (Å²) < 4.78 is 5.43. The van der Waals surface area contributed by atoms with E-state index in [1.165, 1.54) is 0 Å². The second-order valence-electron chi connectivity index (χ2n) is 9.46. The highest BCUT2D eigenvalue weighted by Gasteiger charge is 2.46. The number of rotatable bonds is 6. The number of morpholine rings is 1. The van der Waals surface area contributed by atoms with Crippen molar-refractivity contribution in [2.45, 2.75) is 43.7 Å². The summed E-state index contributed by atoms with van der Waals surface area (Å²) in [5.74, 6) is -0.476. The Kier molecular flexibility index (Phi) is 7.18. The zero-order valence-electron chi connectivity index (χ0n) is 19.4. The lowest BCUT2D eigenvalue weighted by Crippen LogP contribution is -2.51. The van der Waals surface area contributed by atoms with Crippen LogP contribution < -0.4 is 5.32 Å². The first-order valence-electron chi connectivity index (χ1n) is 12.4. The molecule has 2 aromatic carbocycles. The molecular formula is C27H32ClN3O3. The molecule has 5 rings (SSSR count). The fourth-order valence-electron chi connectivity index (χ4n) is 5.70. The second kappa shape index (κ2) is 10.5. The molecule has 1 saturated carbocycles. The number of hydrogen-bond acceptors (Lipinski definition) is 4. The van der Waals surface area contributed by atoms with Crippen LogP contribution in [0, 0.1) is 0 Å². The third-order valence-corrected chi connectivity index (χ3v) is 7.67.